The van der Waals surface area contributed by atoms with Crippen molar-refractivity contribution in [1.82, 2.24) is 0 Å². The minimum atomic E-state index is 0.817. The van der Waals surface area contributed by atoms with Crippen LogP contribution in [0.5, 0.6) is 0 Å². The minimum absolute atomic E-state index is 0.817. The van der Waals surface area contributed by atoms with Crippen LogP contribution in [0.25, 0.3) is 66.4 Å². The molecular formula is C50H40N2O. The van der Waals surface area contributed by atoms with Gasteiger partial charge in [0, 0.05) is 28.2 Å². The maximum atomic E-state index is 7.76. The molecule has 0 saturated heterocycles. The molecule has 0 saturated carbocycles. The van der Waals surface area contributed by atoms with Gasteiger partial charge in [-0.25, -0.2) is 0 Å². The quantitative estimate of drug-likeness (QED) is 0.140. The van der Waals surface area contributed by atoms with Gasteiger partial charge in [-0.05, 0) is 81.8 Å². The third-order valence-corrected chi connectivity index (χ3v) is 9.18. The lowest BCUT2D eigenvalue weighted by molar-refractivity contribution is 0.669. The maximum Gasteiger partial charge on any atom is 0.136 e. The molecule has 0 aliphatic rings. The lowest BCUT2D eigenvalue weighted by atomic mass is 9.97. The number of benzene rings is 8. The number of hydrogen-bond acceptors (Lipinski definition) is 3. The van der Waals surface area contributed by atoms with Gasteiger partial charge in [0.1, 0.15) is 11.2 Å². The molecule has 0 aliphatic heterocycles. The van der Waals surface area contributed by atoms with E-state index in [9.17, 15) is 0 Å². The largest absolute Gasteiger partial charge is 0.456 e. The second-order valence-electron chi connectivity index (χ2n) is 12.8. The Kier molecular flexibility index (Phi) is 10.6. The van der Waals surface area contributed by atoms with E-state index < -0.39 is 0 Å². The van der Waals surface area contributed by atoms with Crippen LogP contribution in [-0.2, 0) is 0 Å². The van der Waals surface area contributed by atoms with Crippen LogP contribution < -0.4 is 5.73 Å². The summed E-state index contributed by atoms with van der Waals surface area (Å²) >= 11 is 0. The highest BCUT2D eigenvalue weighted by Gasteiger charge is 2.11. The van der Waals surface area contributed by atoms with Crippen LogP contribution in [0.2, 0.25) is 0 Å². The average Bonchev–Trinajstić information content (AvgIpc) is 3.61. The molecule has 3 N–H and O–H groups in total. The first-order valence-corrected chi connectivity index (χ1v) is 17.7. The van der Waals surface area contributed by atoms with E-state index in [0.717, 1.165) is 44.3 Å². The standard InChI is InChI=1S/C31H21NO.C13H12.C6H7N/c32-20-27-7-4-8-30-31(27)28-19-26(17-18-29(28)33-30)25-15-13-24(14-16-25)23-11-9-22(10-12-23)21-5-2-1-3-6-21;1-11-7-9-13(10-8-11)12-5-3-2-4-6-12;7-6-4-2-1-3-5-6/h1-20,32H;2-10H,1H3;1-5H,7H2. The predicted octanol–water partition coefficient (Wildman–Crippen LogP) is 13.5. The number of furan rings is 1. The predicted molar refractivity (Wildman–Crippen MR) is 225 cm³/mol. The number of nitrogens with two attached hydrogens (primary N) is 1. The van der Waals surface area contributed by atoms with Gasteiger partial charge in [0.25, 0.3) is 0 Å². The summed E-state index contributed by atoms with van der Waals surface area (Å²) in [6, 6.07) is 68.5. The summed E-state index contributed by atoms with van der Waals surface area (Å²) in [6.07, 6.45) is 1.39. The first-order valence-electron chi connectivity index (χ1n) is 17.7. The average molecular weight is 685 g/mol. The van der Waals surface area contributed by atoms with E-state index in [1.165, 1.54) is 45.2 Å². The molecule has 0 unspecified atom stereocenters. The second kappa shape index (κ2) is 16.4. The Balaban J connectivity index is 0.000000177. The Labute approximate surface area is 311 Å². The lowest BCUT2D eigenvalue weighted by Crippen LogP contribution is -1.83. The number of fused-ring (bicyclic) bond motifs is 3. The van der Waals surface area contributed by atoms with E-state index in [0.29, 0.717) is 0 Å². The van der Waals surface area contributed by atoms with Gasteiger partial charge in [0.15, 0.2) is 0 Å². The van der Waals surface area contributed by atoms with Crippen LogP contribution >= 0.6 is 0 Å². The van der Waals surface area contributed by atoms with Crippen molar-refractivity contribution in [1.29, 1.82) is 5.41 Å². The summed E-state index contributed by atoms with van der Waals surface area (Å²) in [4.78, 5) is 0. The van der Waals surface area contributed by atoms with Crippen molar-refractivity contribution < 1.29 is 4.42 Å². The van der Waals surface area contributed by atoms with Gasteiger partial charge >= 0.3 is 0 Å². The molecule has 53 heavy (non-hydrogen) atoms. The van der Waals surface area contributed by atoms with E-state index in [1.54, 1.807) is 0 Å². The number of para-hydroxylation sites is 1. The monoisotopic (exact) mass is 684 g/mol. The maximum absolute atomic E-state index is 7.76. The van der Waals surface area contributed by atoms with Gasteiger partial charge in [0.05, 0.1) is 0 Å². The van der Waals surface area contributed by atoms with Crippen molar-refractivity contribution in [3.63, 3.8) is 0 Å². The molecule has 0 atom stereocenters. The second-order valence-corrected chi connectivity index (χ2v) is 12.8. The van der Waals surface area contributed by atoms with Crippen LogP contribution in [0.4, 0.5) is 5.69 Å². The van der Waals surface area contributed by atoms with E-state index in [1.807, 2.05) is 66.7 Å². The molecule has 9 rings (SSSR count). The number of anilines is 1. The fraction of sp³-hybridized carbons (Fsp3) is 0.0200. The molecule has 0 bridgehead atoms. The summed E-state index contributed by atoms with van der Waals surface area (Å²) < 4.78 is 6.00. The van der Waals surface area contributed by atoms with Gasteiger partial charge in [-0.3, -0.25) is 0 Å². The van der Waals surface area contributed by atoms with Crippen molar-refractivity contribution >= 4 is 33.8 Å². The van der Waals surface area contributed by atoms with Gasteiger partial charge < -0.3 is 15.6 Å². The topological polar surface area (TPSA) is 63.0 Å². The zero-order chi connectivity index (χ0) is 36.4. The normalized spacial score (nSPS) is 10.5. The molecule has 9 aromatic rings. The Bertz CT molecular complexity index is 2540. The zero-order valence-electron chi connectivity index (χ0n) is 29.6. The molecule has 8 aromatic carbocycles. The van der Waals surface area contributed by atoms with E-state index in [2.05, 4.69) is 140 Å². The molecule has 256 valence electrons. The van der Waals surface area contributed by atoms with Crippen molar-refractivity contribution in [2.45, 2.75) is 6.92 Å². The van der Waals surface area contributed by atoms with Crippen LogP contribution in [0.1, 0.15) is 11.1 Å². The fourth-order valence-corrected chi connectivity index (χ4v) is 6.32. The number of nitrogens with one attached hydrogen (secondary N) is 1. The highest BCUT2D eigenvalue weighted by atomic mass is 16.3. The van der Waals surface area contributed by atoms with E-state index in [-0.39, 0.29) is 0 Å². The first kappa shape index (κ1) is 34.5. The molecule has 0 aliphatic carbocycles. The van der Waals surface area contributed by atoms with Crippen LogP contribution in [0, 0.1) is 12.3 Å². The Morgan fingerprint density at radius 1 is 0.415 bits per heavy atom. The first-order chi connectivity index (χ1) is 26.1. The van der Waals surface area contributed by atoms with E-state index in [4.69, 9.17) is 15.6 Å². The summed E-state index contributed by atoms with van der Waals surface area (Å²) in [5.41, 5.74) is 19.7. The van der Waals surface area contributed by atoms with Crippen LogP contribution in [0.15, 0.2) is 205 Å². The molecule has 1 heterocycles. The highest BCUT2D eigenvalue weighted by Crippen LogP contribution is 2.35. The lowest BCUT2D eigenvalue weighted by Gasteiger charge is -2.07. The molecule has 1 aromatic heterocycles. The van der Waals surface area contributed by atoms with Crippen LogP contribution in [-0.4, -0.2) is 6.21 Å². The van der Waals surface area contributed by atoms with Crippen LogP contribution in [0.3, 0.4) is 0 Å². The number of aryl methyl sites for hydroxylation is 1. The van der Waals surface area contributed by atoms with Crippen molar-refractivity contribution in [2.24, 2.45) is 0 Å². The Morgan fingerprint density at radius 2 is 0.830 bits per heavy atom. The van der Waals surface area contributed by atoms with Crippen molar-refractivity contribution in [3.8, 4) is 44.5 Å². The van der Waals surface area contributed by atoms with Crippen molar-refractivity contribution in [3.05, 3.63) is 211 Å². The number of rotatable bonds is 5. The number of nitrogen functional groups attached to an aromatic ring is 1. The summed E-state index contributed by atoms with van der Waals surface area (Å²) in [5.74, 6) is 0. The SMILES string of the molecule is Cc1ccc(-c2ccccc2)cc1.N=Cc1cccc2oc3ccc(-c4ccc(-c5ccc(-c6ccccc6)cc5)cc4)cc3c12.Nc1ccccc1. The van der Waals surface area contributed by atoms with Gasteiger partial charge in [-0.1, -0.05) is 175 Å². The molecule has 0 amide bonds. The van der Waals surface area contributed by atoms with Gasteiger partial charge in [0.2, 0.25) is 0 Å². The molecule has 3 nitrogen and oxygen atoms in total. The Hall–Kier alpha value is -6.97. The van der Waals surface area contributed by atoms with Gasteiger partial charge in [-0.15, -0.1) is 0 Å². The van der Waals surface area contributed by atoms with Crippen molar-refractivity contribution in [2.75, 3.05) is 5.73 Å². The van der Waals surface area contributed by atoms with Gasteiger partial charge in [-0.2, -0.15) is 0 Å². The molecule has 0 fully saturated rings. The number of hydrogen-bond donors (Lipinski definition) is 2. The molecular weight excluding hydrogens is 645 g/mol. The smallest absolute Gasteiger partial charge is 0.136 e. The Morgan fingerprint density at radius 3 is 1.28 bits per heavy atom. The third kappa shape index (κ3) is 8.33. The summed E-state index contributed by atoms with van der Waals surface area (Å²) in [6.45, 7) is 2.11. The zero-order valence-corrected chi connectivity index (χ0v) is 29.6. The third-order valence-electron chi connectivity index (χ3n) is 9.18. The van der Waals surface area contributed by atoms with E-state index >= 15 is 0 Å². The molecule has 0 spiro atoms. The minimum Gasteiger partial charge on any atom is -0.456 e. The summed E-state index contributed by atoms with van der Waals surface area (Å²) in [7, 11) is 0. The highest BCUT2D eigenvalue weighted by molar-refractivity contribution is 6.13. The fourth-order valence-electron chi connectivity index (χ4n) is 6.32. The molecule has 0 radical (unpaired) electrons. The molecule has 3 heteroatoms. The summed E-state index contributed by atoms with van der Waals surface area (Å²) in [5, 5.41) is 9.80.